The molecule has 2 aromatic rings. The highest BCUT2D eigenvalue weighted by Gasteiger charge is 2.14. The van der Waals surface area contributed by atoms with Crippen molar-refractivity contribution >= 4 is 29.1 Å². The van der Waals surface area contributed by atoms with Crippen LogP contribution in [0.15, 0.2) is 48.5 Å². The van der Waals surface area contributed by atoms with E-state index in [1.54, 1.807) is 36.4 Å². The van der Waals surface area contributed by atoms with Gasteiger partial charge in [-0.2, -0.15) is 0 Å². The van der Waals surface area contributed by atoms with E-state index in [-0.39, 0.29) is 24.2 Å². The molecule has 0 saturated heterocycles. The van der Waals surface area contributed by atoms with E-state index < -0.39 is 0 Å². The van der Waals surface area contributed by atoms with Gasteiger partial charge in [0.25, 0.3) is 0 Å². The smallest absolute Gasteiger partial charge is 0.244 e. The molecule has 0 saturated carbocycles. The predicted octanol–water partition coefficient (Wildman–Crippen LogP) is 3.51. The van der Waals surface area contributed by atoms with Crippen molar-refractivity contribution in [2.45, 2.75) is 13.3 Å². The molecule has 126 valence electrons. The van der Waals surface area contributed by atoms with E-state index in [1.165, 1.54) is 24.0 Å². The van der Waals surface area contributed by atoms with Gasteiger partial charge in [-0.3, -0.25) is 9.59 Å². The lowest BCUT2D eigenvalue weighted by Crippen LogP contribution is -2.38. The molecule has 0 aliphatic rings. The van der Waals surface area contributed by atoms with Crippen molar-refractivity contribution in [3.63, 3.8) is 0 Å². The van der Waals surface area contributed by atoms with Gasteiger partial charge < -0.3 is 10.2 Å². The summed E-state index contributed by atoms with van der Waals surface area (Å²) in [5, 5.41) is 3.12. The second-order valence-electron chi connectivity index (χ2n) is 5.35. The van der Waals surface area contributed by atoms with E-state index in [9.17, 15) is 14.0 Å². The fourth-order valence-corrected chi connectivity index (χ4v) is 2.37. The van der Waals surface area contributed by atoms with Gasteiger partial charge in [-0.25, -0.2) is 4.39 Å². The summed E-state index contributed by atoms with van der Waals surface area (Å²) < 4.78 is 12.9. The van der Waals surface area contributed by atoms with Crippen LogP contribution in [0.1, 0.15) is 12.5 Å². The Hall–Kier alpha value is -2.40. The highest BCUT2D eigenvalue weighted by Crippen LogP contribution is 2.20. The Balaban J connectivity index is 1.93. The summed E-state index contributed by atoms with van der Waals surface area (Å²) in [7, 11) is 0. The molecule has 0 unspecified atom stereocenters. The number of carbonyl (C=O) groups excluding carboxylic acids is 2. The van der Waals surface area contributed by atoms with Gasteiger partial charge in [0.1, 0.15) is 5.82 Å². The normalized spacial score (nSPS) is 10.3. The van der Waals surface area contributed by atoms with E-state index in [0.29, 0.717) is 23.7 Å². The maximum Gasteiger partial charge on any atom is 0.244 e. The minimum atomic E-state index is -0.322. The number of halogens is 2. The highest BCUT2D eigenvalue weighted by atomic mass is 35.5. The van der Waals surface area contributed by atoms with Crippen LogP contribution in [0.25, 0.3) is 0 Å². The number of hydrogen-bond acceptors (Lipinski definition) is 2. The van der Waals surface area contributed by atoms with Crippen molar-refractivity contribution in [2.75, 3.05) is 18.4 Å². The van der Waals surface area contributed by atoms with Crippen LogP contribution in [0.5, 0.6) is 0 Å². The van der Waals surface area contributed by atoms with Gasteiger partial charge in [-0.05, 0) is 36.2 Å². The zero-order valence-corrected chi connectivity index (χ0v) is 14.0. The molecule has 24 heavy (non-hydrogen) atoms. The maximum atomic E-state index is 12.9. The zero-order chi connectivity index (χ0) is 17.5. The summed E-state index contributed by atoms with van der Waals surface area (Å²) in [5.41, 5.74) is 1.40. The van der Waals surface area contributed by atoms with E-state index in [1.807, 2.05) is 0 Å². The number of nitrogens with zero attached hydrogens (tertiary/aromatic N) is 1. The van der Waals surface area contributed by atoms with Crippen LogP contribution in [0.4, 0.5) is 10.1 Å². The average Bonchev–Trinajstić information content (AvgIpc) is 2.55. The number of hydrogen-bond donors (Lipinski definition) is 1. The molecule has 0 aliphatic carbocycles. The molecule has 0 heterocycles. The Morgan fingerprint density at radius 2 is 1.79 bits per heavy atom. The third kappa shape index (κ3) is 5.35. The Morgan fingerprint density at radius 3 is 2.42 bits per heavy atom. The third-order valence-corrected chi connectivity index (χ3v) is 3.84. The molecule has 0 bridgehead atoms. The number of anilines is 1. The van der Waals surface area contributed by atoms with Crippen LogP contribution >= 0.6 is 11.6 Å². The topological polar surface area (TPSA) is 49.4 Å². The van der Waals surface area contributed by atoms with Crippen molar-refractivity contribution in [2.24, 2.45) is 0 Å². The molecule has 2 amide bonds. The minimum absolute atomic E-state index is 0.0677. The number of nitrogens with one attached hydrogen (secondary N) is 1. The summed E-state index contributed by atoms with van der Waals surface area (Å²) in [5.74, 6) is -0.829. The second-order valence-corrected chi connectivity index (χ2v) is 5.75. The first kappa shape index (κ1) is 17.9. The molecule has 0 radical (unpaired) electrons. The number of amides is 2. The van der Waals surface area contributed by atoms with Crippen molar-refractivity contribution < 1.29 is 14.0 Å². The third-order valence-electron chi connectivity index (χ3n) is 3.51. The molecule has 6 heteroatoms. The van der Waals surface area contributed by atoms with Gasteiger partial charge in [0.05, 0.1) is 17.3 Å². The summed E-state index contributed by atoms with van der Waals surface area (Å²) in [6.07, 6.45) is 0.541. The number of benzene rings is 2. The van der Waals surface area contributed by atoms with Crippen molar-refractivity contribution in [3.8, 4) is 0 Å². The summed E-state index contributed by atoms with van der Waals surface area (Å²) >= 11 is 6.00. The fraction of sp³-hybridized carbons (Fsp3) is 0.222. The maximum absolute atomic E-state index is 12.9. The molecule has 0 aromatic heterocycles. The molecule has 0 spiro atoms. The van der Waals surface area contributed by atoms with Gasteiger partial charge in [0.15, 0.2) is 0 Å². The van der Waals surface area contributed by atoms with Crippen molar-refractivity contribution in [1.82, 2.24) is 4.90 Å². The predicted molar refractivity (Wildman–Crippen MR) is 92.4 cm³/mol. The van der Waals surface area contributed by atoms with Crippen LogP contribution in [0.2, 0.25) is 5.02 Å². The second kappa shape index (κ2) is 8.45. The van der Waals surface area contributed by atoms with E-state index in [0.717, 1.165) is 5.56 Å². The van der Waals surface area contributed by atoms with Gasteiger partial charge in [0.2, 0.25) is 11.8 Å². The SMILES string of the molecule is CC(=O)N(CCc1ccc(F)cc1)CC(=O)Nc1ccccc1Cl. The van der Waals surface area contributed by atoms with Gasteiger partial charge >= 0.3 is 0 Å². The van der Waals surface area contributed by atoms with Crippen LogP contribution in [0.3, 0.4) is 0 Å². The van der Waals surface area contributed by atoms with E-state index in [4.69, 9.17) is 11.6 Å². The largest absolute Gasteiger partial charge is 0.333 e. The lowest BCUT2D eigenvalue weighted by molar-refractivity contribution is -0.132. The Labute approximate surface area is 145 Å². The quantitative estimate of drug-likeness (QED) is 0.868. The highest BCUT2D eigenvalue weighted by molar-refractivity contribution is 6.33. The minimum Gasteiger partial charge on any atom is -0.333 e. The lowest BCUT2D eigenvalue weighted by atomic mass is 10.1. The monoisotopic (exact) mass is 348 g/mol. The molecule has 1 N–H and O–H groups in total. The molecule has 0 fully saturated rings. The van der Waals surface area contributed by atoms with Gasteiger partial charge in [-0.1, -0.05) is 35.9 Å². The Bertz CT molecular complexity index is 719. The fourth-order valence-electron chi connectivity index (χ4n) is 2.19. The van der Waals surface area contributed by atoms with E-state index >= 15 is 0 Å². The Morgan fingerprint density at radius 1 is 1.12 bits per heavy atom. The van der Waals surface area contributed by atoms with Crippen molar-refractivity contribution in [1.29, 1.82) is 0 Å². The van der Waals surface area contributed by atoms with E-state index in [2.05, 4.69) is 5.32 Å². The molecule has 0 aliphatic heterocycles. The molecule has 4 nitrogen and oxygen atoms in total. The van der Waals surface area contributed by atoms with Crippen molar-refractivity contribution in [3.05, 3.63) is 64.9 Å². The first-order chi connectivity index (χ1) is 11.5. The van der Waals surface area contributed by atoms with Crippen LogP contribution in [-0.2, 0) is 16.0 Å². The van der Waals surface area contributed by atoms with Gasteiger partial charge in [-0.15, -0.1) is 0 Å². The number of carbonyl (C=O) groups is 2. The number of rotatable bonds is 6. The van der Waals surface area contributed by atoms with Crippen LogP contribution in [-0.4, -0.2) is 29.8 Å². The van der Waals surface area contributed by atoms with Crippen LogP contribution in [0, 0.1) is 5.82 Å². The average molecular weight is 349 g/mol. The molecule has 0 atom stereocenters. The molecular weight excluding hydrogens is 331 g/mol. The summed E-state index contributed by atoms with van der Waals surface area (Å²) in [6, 6.07) is 13.0. The molecular formula is C18H18ClFN2O2. The standard InChI is InChI=1S/C18H18ClFN2O2/c1-13(23)22(11-10-14-6-8-15(20)9-7-14)12-18(24)21-17-5-3-2-4-16(17)19/h2-9H,10-12H2,1H3,(H,21,24). The van der Waals surface area contributed by atoms with Gasteiger partial charge in [0, 0.05) is 13.5 Å². The number of para-hydroxylation sites is 1. The molecule has 2 aromatic carbocycles. The first-order valence-electron chi connectivity index (χ1n) is 7.50. The first-order valence-corrected chi connectivity index (χ1v) is 7.88. The summed E-state index contributed by atoms with van der Waals surface area (Å²) in [6.45, 7) is 1.71. The molecule has 2 rings (SSSR count). The zero-order valence-electron chi connectivity index (χ0n) is 13.3. The van der Waals surface area contributed by atoms with Crippen LogP contribution < -0.4 is 5.32 Å². The lowest BCUT2D eigenvalue weighted by Gasteiger charge is -2.20. The Kier molecular flexibility index (Phi) is 6.32. The summed E-state index contributed by atoms with van der Waals surface area (Å²) in [4.78, 5) is 25.3.